The molecular weight excluding hydrogens is 152 g/mol. The monoisotopic (exact) mass is 162 g/mol. The number of fused-ring (bicyclic) bond motifs is 1. The molecular formula is C10H10O2. The first-order chi connectivity index (χ1) is 5.67. The number of hydrogen-bond acceptors (Lipinski definition) is 2. The first-order valence-electron chi connectivity index (χ1n) is 3.87. The topological polar surface area (TPSA) is 29.5 Å². The van der Waals surface area contributed by atoms with E-state index in [0.29, 0.717) is 0 Å². The molecule has 0 saturated carbocycles. The summed E-state index contributed by atoms with van der Waals surface area (Å²) >= 11 is 0. The van der Waals surface area contributed by atoms with Crippen LogP contribution in [0.1, 0.15) is 12.5 Å². The van der Waals surface area contributed by atoms with E-state index in [1.807, 2.05) is 30.3 Å². The smallest absolute Gasteiger partial charge is 0.225 e. The molecule has 0 radical (unpaired) electrons. The van der Waals surface area contributed by atoms with Crippen molar-refractivity contribution in [3.63, 3.8) is 0 Å². The standard InChI is InChI=1S/C10H10O2/c1-10(11)7-6-8-4-2-3-5-9(8)12-10/h2-7,11H,1H3. The number of hydrogen-bond donors (Lipinski definition) is 1. The van der Waals surface area contributed by atoms with Crippen LogP contribution in [0.25, 0.3) is 6.08 Å². The van der Waals surface area contributed by atoms with Crippen LogP contribution < -0.4 is 4.74 Å². The fourth-order valence-corrected chi connectivity index (χ4v) is 1.21. The van der Waals surface area contributed by atoms with Gasteiger partial charge in [-0.3, -0.25) is 0 Å². The minimum Gasteiger partial charge on any atom is -0.459 e. The quantitative estimate of drug-likeness (QED) is 0.630. The van der Waals surface area contributed by atoms with E-state index in [1.165, 1.54) is 0 Å². The second-order valence-electron chi connectivity index (χ2n) is 3.03. The highest BCUT2D eigenvalue weighted by Crippen LogP contribution is 2.28. The lowest BCUT2D eigenvalue weighted by atomic mass is 10.1. The van der Waals surface area contributed by atoms with Gasteiger partial charge in [-0.15, -0.1) is 0 Å². The van der Waals surface area contributed by atoms with Crippen molar-refractivity contribution in [3.05, 3.63) is 35.9 Å². The summed E-state index contributed by atoms with van der Waals surface area (Å²) in [4.78, 5) is 0. The van der Waals surface area contributed by atoms with Crippen molar-refractivity contribution in [3.8, 4) is 5.75 Å². The third-order valence-electron chi connectivity index (χ3n) is 1.81. The van der Waals surface area contributed by atoms with Gasteiger partial charge in [-0.05, 0) is 18.2 Å². The summed E-state index contributed by atoms with van der Waals surface area (Å²) in [5, 5.41) is 9.51. The first kappa shape index (κ1) is 7.37. The molecule has 0 amide bonds. The molecule has 2 nitrogen and oxygen atoms in total. The zero-order chi connectivity index (χ0) is 8.60. The highest BCUT2D eigenvalue weighted by Gasteiger charge is 2.22. The van der Waals surface area contributed by atoms with E-state index >= 15 is 0 Å². The molecule has 0 aliphatic carbocycles. The third kappa shape index (κ3) is 1.21. The number of rotatable bonds is 0. The summed E-state index contributed by atoms with van der Waals surface area (Å²) in [7, 11) is 0. The van der Waals surface area contributed by atoms with Gasteiger partial charge < -0.3 is 9.84 Å². The summed E-state index contributed by atoms with van der Waals surface area (Å²) in [6.45, 7) is 1.61. The van der Waals surface area contributed by atoms with Gasteiger partial charge >= 0.3 is 0 Å². The lowest BCUT2D eigenvalue weighted by molar-refractivity contribution is -0.0788. The Hall–Kier alpha value is -1.28. The summed E-state index contributed by atoms with van der Waals surface area (Å²) in [6.07, 6.45) is 3.49. The van der Waals surface area contributed by atoms with Crippen molar-refractivity contribution >= 4 is 6.08 Å². The molecule has 12 heavy (non-hydrogen) atoms. The van der Waals surface area contributed by atoms with E-state index < -0.39 is 5.79 Å². The van der Waals surface area contributed by atoms with Crippen molar-refractivity contribution in [2.75, 3.05) is 0 Å². The second kappa shape index (κ2) is 2.35. The largest absolute Gasteiger partial charge is 0.459 e. The summed E-state index contributed by atoms with van der Waals surface area (Å²) in [5.74, 6) is -0.432. The molecule has 1 aromatic rings. The average molecular weight is 162 g/mol. The molecule has 1 aromatic carbocycles. The maximum atomic E-state index is 9.51. The van der Waals surface area contributed by atoms with Crippen LogP contribution in [0, 0.1) is 0 Å². The molecule has 2 heteroatoms. The maximum Gasteiger partial charge on any atom is 0.225 e. The van der Waals surface area contributed by atoms with Crippen LogP contribution in [0.15, 0.2) is 30.3 Å². The molecule has 1 N–H and O–H groups in total. The molecule has 1 heterocycles. The van der Waals surface area contributed by atoms with Crippen LogP contribution >= 0.6 is 0 Å². The van der Waals surface area contributed by atoms with Gasteiger partial charge in [0, 0.05) is 12.5 Å². The highest BCUT2D eigenvalue weighted by atomic mass is 16.6. The lowest BCUT2D eigenvalue weighted by Crippen LogP contribution is -2.30. The van der Waals surface area contributed by atoms with E-state index in [0.717, 1.165) is 11.3 Å². The SMILES string of the molecule is CC1(O)C=Cc2ccccc2O1. The second-order valence-corrected chi connectivity index (χ2v) is 3.03. The van der Waals surface area contributed by atoms with Crippen molar-refractivity contribution < 1.29 is 9.84 Å². The van der Waals surface area contributed by atoms with Gasteiger partial charge in [0.15, 0.2) is 0 Å². The fraction of sp³-hybridized carbons (Fsp3) is 0.200. The summed E-state index contributed by atoms with van der Waals surface area (Å²) in [5.41, 5.74) is 1.00. The first-order valence-corrected chi connectivity index (χ1v) is 3.87. The number of para-hydroxylation sites is 1. The van der Waals surface area contributed by atoms with E-state index in [4.69, 9.17) is 4.74 Å². The van der Waals surface area contributed by atoms with Crippen LogP contribution in [0.3, 0.4) is 0 Å². The number of aliphatic hydroxyl groups is 1. The highest BCUT2D eigenvalue weighted by molar-refractivity contribution is 5.60. The molecule has 2 rings (SSSR count). The number of benzene rings is 1. The fourth-order valence-electron chi connectivity index (χ4n) is 1.21. The van der Waals surface area contributed by atoms with Crippen molar-refractivity contribution in [2.24, 2.45) is 0 Å². The van der Waals surface area contributed by atoms with Crippen LogP contribution in [0.2, 0.25) is 0 Å². The Kier molecular flexibility index (Phi) is 1.45. The summed E-state index contributed by atoms with van der Waals surface area (Å²) < 4.78 is 5.29. The minimum atomic E-state index is -1.16. The van der Waals surface area contributed by atoms with Crippen LogP contribution in [0.4, 0.5) is 0 Å². The van der Waals surface area contributed by atoms with Gasteiger partial charge in [0.05, 0.1) is 0 Å². The summed E-state index contributed by atoms with van der Waals surface area (Å²) in [6, 6.07) is 7.61. The molecule has 0 saturated heterocycles. The van der Waals surface area contributed by atoms with E-state index in [9.17, 15) is 5.11 Å². The van der Waals surface area contributed by atoms with Crippen LogP contribution in [-0.2, 0) is 0 Å². The Morgan fingerprint density at radius 3 is 2.92 bits per heavy atom. The van der Waals surface area contributed by atoms with Crippen molar-refractivity contribution in [2.45, 2.75) is 12.7 Å². The Labute approximate surface area is 71.1 Å². The van der Waals surface area contributed by atoms with Crippen molar-refractivity contribution in [1.29, 1.82) is 0 Å². The molecule has 1 aliphatic heterocycles. The Bertz CT molecular complexity index is 326. The Morgan fingerprint density at radius 1 is 1.33 bits per heavy atom. The molecule has 0 bridgehead atoms. The zero-order valence-corrected chi connectivity index (χ0v) is 6.82. The van der Waals surface area contributed by atoms with Gasteiger partial charge in [0.2, 0.25) is 5.79 Å². The molecule has 0 spiro atoms. The maximum absolute atomic E-state index is 9.51. The molecule has 0 fully saturated rings. The van der Waals surface area contributed by atoms with Gasteiger partial charge in [0.1, 0.15) is 5.75 Å². The average Bonchev–Trinajstić information content (AvgIpc) is 2.02. The van der Waals surface area contributed by atoms with Crippen LogP contribution in [-0.4, -0.2) is 10.9 Å². The number of ether oxygens (including phenoxy) is 1. The minimum absolute atomic E-state index is 0.727. The molecule has 62 valence electrons. The van der Waals surface area contributed by atoms with E-state index in [-0.39, 0.29) is 0 Å². The molecule has 0 aromatic heterocycles. The Morgan fingerprint density at radius 2 is 2.08 bits per heavy atom. The lowest BCUT2D eigenvalue weighted by Gasteiger charge is -2.25. The van der Waals surface area contributed by atoms with Gasteiger partial charge in [-0.2, -0.15) is 0 Å². The molecule has 1 unspecified atom stereocenters. The van der Waals surface area contributed by atoms with Gasteiger partial charge in [0.25, 0.3) is 0 Å². The van der Waals surface area contributed by atoms with Crippen LogP contribution in [0.5, 0.6) is 5.75 Å². The van der Waals surface area contributed by atoms with Crippen molar-refractivity contribution in [1.82, 2.24) is 0 Å². The van der Waals surface area contributed by atoms with Gasteiger partial charge in [-0.25, -0.2) is 0 Å². The third-order valence-corrected chi connectivity index (χ3v) is 1.81. The van der Waals surface area contributed by atoms with E-state index in [1.54, 1.807) is 13.0 Å². The zero-order valence-electron chi connectivity index (χ0n) is 6.82. The van der Waals surface area contributed by atoms with Gasteiger partial charge in [-0.1, -0.05) is 18.2 Å². The van der Waals surface area contributed by atoms with E-state index in [2.05, 4.69) is 0 Å². The Balaban J connectivity index is 2.46. The predicted molar refractivity (Wildman–Crippen MR) is 46.7 cm³/mol. The molecule has 1 atom stereocenters. The normalized spacial score (nSPS) is 26.2. The molecule has 1 aliphatic rings. The predicted octanol–water partition coefficient (Wildman–Crippen LogP) is 1.80.